The fourth-order valence-corrected chi connectivity index (χ4v) is 7.19. The van der Waals surface area contributed by atoms with Gasteiger partial charge >= 0.3 is 0 Å². The van der Waals surface area contributed by atoms with Gasteiger partial charge in [-0.25, -0.2) is 0 Å². The number of alkyl halides is 3. The molecular weight excluding hydrogens is 982 g/mol. The highest BCUT2D eigenvalue weighted by molar-refractivity contribution is 6.33. The van der Waals surface area contributed by atoms with Crippen LogP contribution in [0.2, 0.25) is 10.0 Å². The van der Waals surface area contributed by atoms with Crippen LogP contribution in [0.3, 0.4) is 0 Å². The second kappa shape index (κ2) is 24.0. The molecule has 4 atom stereocenters. The van der Waals surface area contributed by atoms with Crippen LogP contribution in [0.5, 0.6) is 11.5 Å². The minimum Gasteiger partial charge on any atom is -0.496 e. The van der Waals surface area contributed by atoms with Gasteiger partial charge in [0, 0.05) is 63.0 Å². The third-order valence-electron chi connectivity index (χ3n) is 9.86. The number of nitrogens with one attached hydrogen (secondary N) is 4. The molecule has 16 nitrogen and oxygen atoms in total. The minimum absolute atomic E-state index is 0.00786. The monoisotopic (exact) mass is 1020 g/mol. The van der Waals surface area contributed by atoms with Crippen LogP contribution in [0.4, 0.5) is 34.1 Å². The van der Waals surface area contributed by atoms with Crippen LogP contribution in [0.25, 0.3) is 0 Å². The van der Waals surface area contributed by atoms with E-state index in [0.717, 1.165) is 25.0 Å². The van der Waals surface area contributed by atoms with Crippen LogP contribution < -0.4 is 30.7 Å². The van der Waals surface area contributed by atoms with Gasteiger partial charge in [0.1, 0.15) is 22.9 Å². The van der Waals surface area contributed by atoms with Gasteiger partial charge in [-0.2, -0.15) is 20.5 Å². The fourth-order valence-electron chi connectivity index (χ4n) is 6.29. The summed E-state index contributed by atoms with van der Waals surface area (Å²) in [7, 11) is 2.98. The Hall–Kier alpha value is -6.43. The zero-order valence-corrected chi connectivity index (χ0v) is 40.9. The number of ether oxygens (including phenoxy) is 2. The molecule has 0 aliphatic heterocycles. The molecule has 0 saturated carbocycles. The molecule has 0 aliphatic carbocycles. The van der Waals surface area contributed by atoms with Crippen molar-refractivity contribution in [1.29, 1.82) is 0 Å². The molecule has 354 valence electrons. The lowest BCUT2D eigenvalue weighted by atomic mass is 10.1. The molecule has 21 heteroatoms. The summed E-state index contributed by atoms with van der Waals surface area (Å²) in [6.07, 6.45) is 0. The largest absolute Gasteiger partial charge is 0.496 e. The number of anilines is 4. The molecule has 0 spiro atoms. The average molecular weight is 1030 g/mol. The molecule has 4 N–H and O–H groups in total. The number of ketones is 2. The molecule has 0 bridgehead atoms. The Labute approximate surface area is 416 Å². The predicted molar refractivity (Wildman–Crippen MR) is 265 cm³/mol. The van der Waals surface area contributed by atoms with Crippen molar-refractivity contribution < 1.29 is 38.2 Å². The summed E-state index contributed by atoms with van der Waals surface area (Å²) < 4.78 is 10.8. The Balaban J connectivity index is 1.26. The van der Waals surface area contributed by atoms with Gasteiger partial charge in [-0.05, 0) is 100.0 Å². The zero-order chi connectivity index (χ0) is 49.8. The number of rotatable bonds is 19. The maximum atomic E-state index is 13.4. The predicted octanol–water partition coefficient (Wildman–Crippen LogP) is 12.2. The zero-order valence-electron chi connectivity index (χ0n) is 37.1. The summed E-state index contributed by atoms with van der Waals surface area (Å²) in [5.74, 6) is -3.27. The molecule has 5 rings (SSSR count). The lowest BCUT2D eigenvalue weighted by Gasteiger charge is -2.15. The number of amides is 4. The van der Waals surface area contributed by atoms with Crippen LogP contribution >= 0.6 is 58.0 Å². The van der Waals surface area contributed by atoms with E-state index in [0.29, 0.717) is 28.4 Å². The quantitative estimate of drug-likeness (QED) is 0.0353. The van der Waals surface area contributed by atoms with Crippen LogP contribution in [-0.4, -0.2) is 61.5 Å². The first-order chi connectivity index (χ1) is 32.3. The van der Waals surface area contributed by atoms with E-state index in [1.54, 1.807) is 50.2 Å². The summed E-state index contributed by atoms with van der Waals surface area (Å²) in [5.41, 5.74) is 3.34. The lowest BCUT2D eigenvalue weighted by molar-refractivity contribution is -0.127. The second-order valence-corrected chi connectivity index (χ2v) is 17.2. The van der Waals surface area contributed by atoms with Gasteiger partial charge in [-0.15, -0.1) is 34.8 Å². The topological polar surface area (TPSA) is 218 Å². The molecule has 0 aliphatic rings. The van der Waals surface area contributed by atoms with Gasteiger partial charge in [0.25, 0.3) is 23.6 Å². The van der Waals surface area contributed by atoms with E-state index in [4.69, 9.17) is 67.5 Å². The summed E-state index contributed by atoms with van der Waals surface area (Å²) in [4.78, 5) is 78.5. The molecule has 0 saturated heterocycles. The molecule has 0 aromatic heterocycles. The third kappa shape index (κ3) is 13.6. The van der Waals surface area contributed by atoms with Crippen molar-refractivity contribution in [1.82, 2.24) is 0 Å². The molecule has 4 amide bonds. The smallest absolute Gasteiger partial charge is 0.258 e. The molecule has 5 aromatic rings. The maximum Gasteiger partial charge on any atom is 0.258 e. The summed E-state index contributed by atoms with van der Waals surface area (Å²) >= 11 is 31.4. The molecular formula is C47H43Cl5N8O8. The fraction of sp³-hybridized carbons (Fsp3) is 0.234. The molecule has 0 fully saturated rings. The van der Waals surface area contributed by atoms with Crippen LogP contribution in [0.1, 0.15) is 75.9 Å². The Morgan fingerprint density at radius 2 is 0.971 bits per heavy atom. The highest BCUT2D eigenvalue weighted by Crippen LogP contribution is 2.35. The number of Topliss-reactive ketones (excluding diaryl/α,β-unsaturated/α-hetero) is 2. The first-order valence-corrected chi connectivity index (χ1v) is 22.5. The second-order valence-electron chi connectivity index (χ2n) is 14.8. The van der Waals surface area contributed by atoms with E-state index in [-0.39, 0.29) is 60.6 Å². The number of hydrogen-bond acceptors (Lipinski definition) is 12. The van der Waals surface area contributed by atoms with E-state index in [2.05, 4.69) is 41.7 Å². The van der Waals surface area contributed by atoms with Gasteiger partial charge < -0.3 is 30.7 Å². The van der Waals surface area contributed by atoms with E-state index in [9.17, 15) is 28.8 Å². The van der Waals surface area contributed by atoms with Crippen molar-refractivity contribution >= 4 is 127 Å². The van der Waals surface area contributed by atoms with Crippen molar-refractivity contribution in [2.75, 3.05) is 35.5 Å². The number of hydrogen-bond donors (Lipinski definition) is 4. The number of halogens is 5. The third-order valence-corrected chi connectivity index (χ3v) is 11.3. The van der Waals surface area contributed by atoms with Crippen molar-refractivity contribution in [3.05, 3.63) is 129 Å². The minimum atomic E-state index is -1.64. The number of methoxy groups -OCH3 is 2. The van der Waals surface area contributed by atoms with Gasteiger partial charge in [0.15, 0.2) is 11.6 Å². The van der Waals surface area contributed by atoms with Gasteiger partial charge in [0.2, 0.25) is 12.1 Å². The Morgan fingerprint density at radius 1 is 0.559 bits per heavy atom. The van der Waals surface area contributed by atoms with Crippen LogP contribution in [-0.2, 0) is 25.1 Å². The van der Waals surface area contributed by atoms with Crippen LogP contribution in [0.15, 0.2) is 111 Å². The van der Waals surface area contributed by atoms with E-state index in [1.165, 1.54) is 68.8 Å². The number of benzene rings is 5. The summed E-state index contributed by atoms with van der Waals surface area (Å²) in [5, 5.41) is 26.3. The van der Waals surface area contributed by atoms with Crippen molar-refractivity contribution in [2.24, 2.45) is 20.5 Å². The summed E-state index contributed by atoms with van der Waals surface area (Å²) in [6.45, 7) is 5.88. The number of carbonyl (C=O) groups excluding carboxylic acids is 6. The van der Waals surface area contributed by atoms with Crippen molar-refractivity contribution in [3.63, 3.8) is 0 Å². The molecule has 0 heterocycles. The summed E-state index contributed by atoms with van der Waals surface area (Å²) in [6, 6.07) is 19.5. The van der Waals surface area contributed by atoms with Gasteiger partial charge in [-0.3, -0.25) is 28.8 Å². The Bertz CT molecular complexity index is 2820. The van der Waals surface area contributed by atoms with Crippen LogP contribution in [0, 0.1) is 0 Å². The van der Waals surface area contributed by atoms with Gasteiger partial charge in [-0.1, -0.05) is 35.3 Å². The first kappa shape index (κ1) is 52.5. The van der Waals surface area contributed by atoms with Gasteiger partial charge in [0.05, 0.1) is 35.0 Å². The SMILES string of the molecule is COc1cc(NC(=O)c2ccc(Cl)c(N=NC(C(C)=O)C(=O)Nc3ccc(NC(=O)C(N=Nc4cc(C(=O)Nc5ccc(C(C)Cl)c(OC)c5)ccc4Cl)C(C)=O)c(CCl)c3)c2)ccc1C(C)Cl. The Morgan fingerprint density at radius 3 is 1.37 bits per heavy atom. The van der Waals surface area contributed by atoms with Crippen molar-refractivity contribution in [2.45, 2.75) is 56.4 Å². The Kier molecular flexibility index (Phi) is 18.6. The molecule has 68 heavy (non-hydrogen) atoms. The normalized spacial score (nSPS) is 13.0. The molecule has 0 radical (unpaired) electrons. The number of azo groups is 2. The van der Waals surface area contributed by atoms with Crippen molar-refractivity contribution in [3.8, 4) is 11.5 Å². The molecule has 5 aromatic carbocycles. The molecule has 4 unspecified atom stereocenters. The highest BCUT2D eigenvalue weighted by Gasteiger charge is 2.26. The highest BCUT2D eigenvalue weighted by atomic mass is 35.5. The standard InChI is InChI=1S/C47H43Cl5N8O8/c1-23(49)33-12-9-31(20-40(33)67-5)53-44(63)27-7-14-35(51)38(18-27)57-59-42(25(3)61)46(65)55-30-11-16-37(29(17-30)22-48)56-47(66)43(26(4)62)60-58-39-19-28(8-15-36(39)52)45(64)54-32-10-13-34(24(2)50)41(21-32)68-6/h7-21,23-24,42-43H,22H2,1-6H3,(H,53,63)(H,54,64)(H,55,65)(H,56,66). The number of nitrogens with zero attached hydrogens (tertiary/aromatic N) is 4. The van der Waals surface area contributed by atoms with E-state index in [1.807, 2.05) is 0 Å². The maximum absolute atomic E-state index is 13.4. The lowest BCUT2D eigenvalue weighted by Crippen LogP contribution is -2.32. The number of carbonyl (C=O) groups is 6. The average Bonchev–Trinajstić information content (AvgIpc) is 3.30. The van der Waals surface area contributed by atoms with E-state index >= 15 is 0 Å². The van der Waals surface area contributed by atoms with E-state index < -0.39 is 47.3 Å². The first-order valence-electron chi connectivity index (χ1n) is 20.3.